The molecule has 0 aromatic heterocycles. The Hall–Kier alpha value is -0.100. The number of halogens is 1. The van der Waals surface area contributed by atoms with Gasteiger partial charge >= 0.3 is 0 Å². The molecular formula is C11H20FOP. The van der Waals surface area contributed by atoms with Crippen LogP contribution in [0.5, 0.6) is 0 Å². The van der Waals surface area contributed by atoms with Crippen molar-refractivity contribution in [2.45, 2.75) is 26.2 Å². The van der Waals surface area contributed by atoms with E-state index in [0.29, 0.717) is 11.7 Å². The maximum Gasteiger partial charge on any atom is 0.148 e. The second kappa shape index (κ2) is 4.61. The Kier molecular flexibility index (Phi) is 3.94. The highest BCUT2D eigenvalue weighted by atomic mass is 31.1. The fourth-order valence-electron chi connectivity index (χ4n) is 2.15. The maximum atomic E-state index is 12.1. The van der Waals surface area contributed by atoms with Crippen molar-refractivity contribution in [2.24, 2.45) is 11.3 Å². The molecule has 0 aliphatic heterocycles. The first-order valence-corrected chi connectivity index (χ1v) is 7.58. The van der Waals surface area contributed by atoms with Crippen LogP contribution in [-0.4, -0.2) is 19.5 Å². The van der Waals surface area contributed by atoms with Crippen LogP contribution in [0.3, 0.4) is 0 Å². The minimum atomic E-state index is -0.0277. The third-order valence-corrected chi connectivity index (χ3v) is 4.54. The van der Waals surface area contributed by atoms with E-state index in [1.54, 1.807) is 0 Å². The molecular weight excluding hydrogens is 198 g/mol. The Labute approximate surface area is 87.4 Å². The zero-order valence-corrected chi connectivity index (χ0v) is 10.2. The van der Waals surface area contributed by atoms with Crippen molar-refractivity contribution < 1.29 is 9.47 Å². The van der Waals surface area contributed by atoms with E-state index in [4.69, 9.17) is 0 Å². The predicted octanol–water partition coefficient (Wildman–Crippen LogP) is 3.95. The van der Waals surface area contributed by atoms with Gasteiger partial charge in [0.25, 0.3) is 0 Å². The van der Waals surface area contributed by atoms with Gasteiger partial charge in [-0.3, -0.25) is 4.94 Å². The van der Waals surface area contributed by atoms with Gasteiger partial charge in [0.05, 0.1) is 0 Å². The number of hydrogen-bond donors (Lipinski definition) is 0. The molecule has 2 unspecified atom stereocenters. The third kappa shape index (κ3) is 2.48. The lowest BCUT2D eigenvalue weighted by atomic mass is 9.96. The molecule has 2 atom stereocenters. The lowest BCUT2D eigenvalue weighted by Crippen LogP contribution is -2.08. The average molecular weight is 218 g/mol. The highest BCUT2D eigenvalue weighted by Gasteiger charge is 2.54. The summed E-state index contributed by atoms with van der Waals surface area (Å²) in [5.41, 5.74) is -0.0277. The number of allylic oxidation sites excluding steroid dienone is 1. The first kappa shape index (κ1) is 12.0. The molecule has 0 bridgehead atoms. The molecule has 1 nitrogen and oxygen atoms in total. The van der Waals surface area contributed by atoms with Crippen molar-refractivity contribution in [3.05, 3.63) is 12.3 Å². The number of hydrogen-bond acceptors (Lipinski definition) is 1. The molecule has 1 fully saturated rings. The molecule has 3 heteroatoms. The van der Waals surface area contributed by atoms with E-state index in [-0.39, 0.29) is 13.3 Å². The molecule has 0 spiro atoms. The zero-order chi connectivity index (χ0) is 10.8. The van der Waals surface area contributed by atoms with Crippen LogP contribution < -0.4 is 0 Å². The van der Waals surface area contributed by atoms with Gasteiger partial charge in [0.1, 0.15) is 5.76 Å². The molecule has 1 rings (SSSR count). The van der Waals surface area contributed by atoms with E-state index in [0.717, 1.165) is 12.8 Å². The van der Waals surface area contributed by atoms with Crippen LogP contribution in [-0.2, 0) is 4.94 Å². The van der Waals surface area contributed by atoms with E-state index in [1.165, 1.54) is 12.6 Å². The standard InChI is InChI=1S/C11H20FOP/c1-9-8-11(9,10(2)13-12)6-5-7-14(3)4/h9H,2,5-8H2,1,3-4H3. The van der Waals surface area contributed by atoms with Gasteiger partial charge in [0.15, 0.2) is 0 Å². The van der Waals surface area contributed by atoms with E-state index in [2.05, 4.69) is 31.8 Å². The van der Waals surface area contributed by atoms with Crippen LogP contribution in [0.1, 0.15) is 26.2 Å². The summed E-state index contributed by atoms with van der Waals surface area (Å²) >= 11 is 0. The van der Waals surface area contributed by atoms with Crippen molar-refractivity contribution in [3.8, 4) is 0 Å². The molecule has 0 saturated heterocycles. The molecule has 0 aromatic carbocycles. The summed E-state index contributed by atoms with van der Waals surface area (Å²) in [5, 5.41) is 0. The molecule has 0 heterocycles. The fraction of sp³-hybridized carbons (Fsp3) is 0.818. The first-order chi connectivity index (χ1) is 6.53. The monoisotopic (exact) mass is 218 g/mol. The van der Waals surface area contributed by atoms with Crippen LogP contribution in [0.15, 0.2) is 12.3 Å². The molecule has 0 N–H and O–H groups in total. The predicted molar refractivity (Wildman–Crippen MR) is 60.4 cm³/mol. The van der Waals surface area contributed by atoms with Crippen molar-refractivity contribution in [3.63, 3.8) is 0 Å². The number of rotatable bonds is 6. The summed E-state index contributed by atoms with van der Waals surface area (Å²) in [4.78, 5) is 3.82. The summed E-state index contributed by atoms with van der Waals surface area (Å²) in [6.07, 6.45) is 4.52. The molecule has 82 valence electrons. The fourth-order valence-corrected chi connectivity index (χ4v) is 2.94. The summed E-state index contributed by atoms with van der Waals surface area (Å²) in [7, 11) is 0.172. The van der Waals surface area contributed by atoms with Crippen LogP contribution in [0.4, 0.5) is 4.53 Å². The largest absolute Gasteiger partial charge is 0.299 e. The van der Waals surface area contributed by atoms with Crippen LogP contribution in [0, 0.1) is 11.3 Å². The smallest absolute Gasteiger partial charge is 0.148 e. The van der Waals surface area contributed by atoms with Crippen molar-refractivity contribution in [1.82, 2.24) is 0 Å². The van der Waals surface area contributed by atoms with Gasteiger partial charge in [0, 0.05) is 9.94 Å². The van der Waals surface area contributed by atoms with Gasteiger partial charge in [-0.15, -0.1) is 7.92 Å². The van der Waals surface area contributed by atoms with Gasteiger partial charge in [-0.1, -0.05) is 13.5 Å². The highest BCUT2D eigenvalue weighted by Crippen LogP contribution is 2.60. The minimum Gasteiger partial charge on any atom is -0.299 e. The van der Waals surface area contributed by atoms with Crippen LogP contribution in [0.25, 0.3) is 0 Å². The first-order valence-electron chi connectivity index (χ1n) is 5.15. The van der Waals surface area contributed by atoms with E-state index < -0.39 is 0 Å². The van der Waals surface area contributed by atoms with E-state index in [1.807, 2.05) is 0 Å². The molecule has 0 amide bonds. The Balaban J connectivity index is 2.37. The highest BCUT2D eigenvalue weighted by molar-refractivity contribution is 7.55. The van der Waals surface area contributed by atoms with Gasteiger partial charge < -0.3 is 0 Å². The molecule has 1 saturated carbocycles. The van der Waals surface area contributed by atoms with Gasteiger partial charge in [-0.2, -0.15) is 0 Å². The third-order valence-electron chi connectivity index (χ3n) is 3.33. The SMILES string of the molecule is C=C(OF)C1(CCCP(C)C)CC1C. The molecule has 14 heavy (non-hydrogen) atoms. The van der Waals surface area contributed by atoms with E-state index >= 15 is 0 Å². The molecule has 1 aliphatic rings. The van der Waals surface area contributed by atoms with Gasteiger partial charge in [-0.05, 0) is 44.7 Å². The maximum absolute atomic E-state index is 12.1. The van der Waals surface area contributed by atoms with Crippen molar-refractivity contribution >= 4 is 7.92 Å². The summed E-state index contributed by atoms with van der Waals surface area (Å²) in [5.74, 6) is 0.896. The molecule has 0 radical (unpaired) electrons. The second-order valence-electron chi connectivity index (χ2n) is 4.67. The Bertz CT molecular complexity index is 217. The van der Waals surface area contributed by atoms with Crippen molar-refractivity contribution in [1.29, 1.82) is 0 Å². The van der Waals surface area contributed by atoms with Crippen molar-refractivity contribution in [2.75, 3.05) is 19.5 Å². The minimum absolute atomic E-state index is 0.0277. The zero-order valence-electron chi connectivity index (χ0n) is 9.35. The summed E-state index contributed by atoms with van der Waals surface area (Å²) in [6, 6.07) is 0. The topological polar surface area (TPSA) is 9.23 Å². The Morgan fingerprint density at radius 3 is 2.57 bits per heavy atom. The lowest BCUT2D eigenvalue weighted by molar-refractivity contribution is -0.0999. The summed E-state index contributed by atoms with van der Waals surface area (Å²) in [6.45, 7) is 10.4. The normalized spacial score (nSPS) is 30.5. The van der Waals surface area contributed by atoms with Crippen LogP contribution >= 0.6 is 7.92 Å². The van der Waals surface area contributed by atoms with Gasteiger partial charge in [0.2, 0.25) is 0 Å². The molecule has 0 aromatic rings. The molecule has 1 aliphatic carbocycles. The lowest BCUT2D eigenvalue weighted by Gasteiger charge is -2.16. The Morgan fingerprint density at radius 1 is 1.64 bits per heavy atom. The Morgan fingerprint density at radius 2 is 2.21 bits per heavy atom. The van der Waals surface area contributed by atoms with Gasteiger partial charge in [-0.25, -0.2) is 0 Å². The van der Waals surface area contributed by atoms with Crippen LogP contribution in [0.2, 0.25) is 0 Å². The summed E-state index contributed by atoms with van der Waals surface area (Å²) < 4.78 is 12.1. The second-order valence-corrected chi connectivity index (χ2v) is 7.28. The average Bonchev–Trinajstić information content (AvgIpc) is 2.76. The quantitative estimate of drug-likeness (QED) is 0.484. The van der Waals surface area contributed by atoms with E-state index in [9.17, 15) is 4.53 Å².